The maximum atomic E-state index is 13.0. The molecule has 0 aromatic rings. The van der Waals surface area contributed by atoms with Gasteiger partial charge < -0.3 is 4.84 Å². The van der Waals surface area contributed by atoms with E-state index in [4.69, 9.17) is 4.84 Å². The van der Waals surface area contributed by atoms with Crippen molar-refractivity contribution in [1.82, 2.24) is 0 Å². The zero-order valence-corrected chi connectivity index (χ0v) is 16.4. The molecule has 7 nitrogen and oxygen atoms in total. The van der Waals surface area contributed by atoms with E-state index in [0.717, 1.165) is 12.8 Å². The Balaban J connectivity index is 1.72. The summed E-state index contributed by atoms with van der Waals surface area (Å²) in [7, 11) is 0. The predicted molar refractivity (Wildman–Crippen MR) is 98.5 cm³/mol. The van der Waals surface area contributed by atoms with Gasteiger partial charge in [-0.2, -0.15) is 0 Å². The molecule has 7 heteroatoms. The summed E-state index contributed by atoms with van der Waals surface area (Å²) in [5.74, 6) is 0.312. The van der Waals surface area contributed by atoms with Crippen LogP contribution < -0.4 is 0 Å². The lowest BCUT2D eigenvalue weighted by atomic mass is 9.46. The van der Waals surface area contributed by atoms with Crippen molar-refractivity contribution in [2.24, 2.45) is 34.5 Å². The van der Waals surface area contributed by atoms with E-state index in [2.05, 4.69) is 6.92 Å². The van der Waals surface area contributed by atoms with Gasteiger partial charge in [-0.15, -0.1) is 10.1 Å². The average molecular weight is 389 g/mol. The second-order valence-corrected chi connectivity index (χ2v) is 9.46. The Morgan fingerprint density at radius 2 is 2.00 bits per heavy atom. The first-order valence-corrected chi connectivity index (χ1v) is 10.2. The van der Waals surface area contributed by atoms with Gasteiger partial charge in [0.25, 0.3) is 5.09 Å². The molecule has 0 radical (unpaired) electrons. The lowest BCUT2D eigenvalue weighted by Gasteiger charge is -2.57. The molecule has 6 atom stereocenters. The van der Waals surface area contributed by atoms with Gasteiger partial charge in [0.1, 0.15) is 12.4 Å². The normalized spacial score (nSPS) is 42.1. The Kier molecular flexibility index (Phi) is 4.47. The highest BCUT2D eigenvalue weighted by Gasteiger charge is 2.63. The molecule has 28 heavy (non-hydrogen) atoms. The third kappa shape index (κ3) is 2.65. The van der Waals surface area contributed by atoms with E-state index in [1.54, 1.807) is 13.0 Å². The molecule has 3 fully saturated rings. The minimum atomic E-state index is -0.770. The second-order valence-electron chi connectivity index (χ2n) is 9.46. The molecule has 4 aliphatic carbocycles. The fourth-order valence-electron chi connectivity index (χ4n) is 7.26. The van der Waals surface area contributed by atoms with E-state index in [9.17, 15) is 24.5 Å². The molecule has 0 unspecified atom stereocenters. The van der Waals surface area contributed by atoms with Crippen LogP contribution in [-0.4, -0.2) is 29.0 Å². The van der Waals surface area contributed by atoms with Gasteiger partial charge in [0.2, 0.25) is 0 Å². The van der Waals surface area contributed by atoms with Crippen LogP contribution in [0.1, 0.15) is 58.8 Å². The number of hydrogen-bond acceptors (Lipinski definition) is 6. The topological polar surface area (TPSA) is 104 Å². The highest BCUT2D eigenvalue weighted by atomic mass is 16.9. The molecule has 0 aromatic heterocycles. The molecule has 0 amide bonds. The first-order valence-electron chi connectivity index (χ1n) is 10.2. The molecule has 3 saturated carbocycles. The van der Waals surface area contributed by atoms with Crippen LogP contribution in [0.5, 0.6) is 0 Å². The molecular weight excluding hydrogens is 362 g/mol. The number of nitrogens with zero attached hydrogens (tertiary/aromatic N) is 1. The molecule has 4 aliphatic rings. The molecule has 0 bridgehead atoms. The minimum absolute atomic E-state index is 0.0290. The number of carbonyl (C=O) groups is 3. The van der Waals surface area contributed by atoms with Crippen molar-refractivity contribution < 1.29 is 24.3 Å². The molecule has 152 valence electrons. The lowest BCUT2D eigenvalue weighted by Crippen LogP contribution is -2.55. The van der Waals surface area contributed by atoms with E-state index in [-0.39, 0.29) is 53.0 Å². The highest BCUT2D eigenvalue weighted by Crippen LogP contribution is 2.66. The number of allylic oxidation sites excluding steroid dienone is 1. The summed E-state index contributed by atoms with van der Waals surface area (Å²) in [6.07, 6.45) is 6.09. The molecule has 0 heterocycles. The summed E-state index contributed by atoms with van der Waals surface area (Å²) in [6.45, 7) is 3.61. The summed E-state index contributed by atoms with van der Waals surface area (Å²) in [5.41, 5.74) is -0.180. The first-order chi connectivity index (χ1) is 13.2. The summed E-state index contributed by atoms with van der Waals surface area (Å²) in [4.78, 5) is 53.0. The summed E-state index contributed by atoms with van der Waals surface area (Å²) in [5, 5.41) is 10.1. The molecule has 0 spiro atoms. The monoisotopic (exact) mass is 389 g/mol. The number of carbonyl (C=O) groups excluding carboxylic acids is 3. The molecule has 0 N–H and O–H groups in total. The number of Topliss-reactive ketones (excluding diaryl/α,β-unsaturated/α-hetero) is 2. The Morgan fingerprint density at radius 1 is 1.25 bits per heavy atom. The first kappa shape index (κ1) is 19.3. The molecule has 0 aromatic carbocycles. The quantitative estimate of drug-likeness (QED) is 0.541. The van der Waals surface area contributed by atoms with Crippen molar-refractivity contribution in [2.45, 2.75) is 58.8 Å². The number of fused-ring (bicyclic) bond motifs is 5. The maximum Gasteiger partial charge on any atom is 0.294 e. The Hall–Kier alpha value is -2.05. The van der Waals surface area contributed by atoms with Crippen LogP contribution in [0.4, 0.5) is 0 Å². The number of ketones is 3. The second kappa shape index (κ2) is 6.49. The van der Waals surface area contributed by atoms with Crippen LogP contribution in [0.25, 0.3) is 0 Å². The number of hydrogen-bond donors (Lipinski definition) is 0. The minimum Gasteiger partial charge on any atom is -0.313 e. The maximum absolute atomic E-state index is 13.0. The van der Waals surface area contributed by atoms with Crippen molar-refractivity contribution >= 4 is 17.3 Å². The third-order valence-electron chi connectivity index (χ3n) is 8.43. The van der Waals surface area contributed by atoms with Gasteiger partial charge >= 0.3 is 0 Å². The zero-order chi connectivity index (χ0) is 20.3. The van der Waals surface area contributed by atoms with Crippen LogP contribution in [0.2, 0.25) is 0 Å². The fourth-order valence-corrected chi connectivity index (χ4v) is 7.26. The van der Waals surface area contributed by atoms with Crippen LogP contribution in [0, 0.1) is 44.6 Å². The predicted octanol–water partition coefficient (Wildman–Crippen LogP) is 3.09. The van der Waals surface area contributed by atoms with Gasteiger partial charge in [0.15, 0.2) is 11.6 Å². The van der Waals surface area contributed by atoms with E-state index in [1.807, 2.05) is 0 Å². The van der Waals surface area contributed by atoms with Crippen molar-refractivity contribution in [3.8, 4) is 0 Å². The van der Waals surface area contributed by atoms with Crippen molar-refractivity contribution in [3.05, 3.63) is 21.8 Å². The van der Waals surface area contributed by atoms with Crippen LogP contribution >= 0.6 is 0 Å². The third-order valence-corrected chi connectivity index (χ3v) is 8.43. The van der Waals surface area contributed by atoms with Gasteiger partial charge in [-0.25, -0.2) is 0 Å². The largest absolute Gasteiger partial charge is 0.313 e. The summed E-state index contributed by atoms with van der Waals surface area (Å²) < 4.78 is 0. The molecule has 4 rings (SSSR count). The smallest absolute Gasteiger partial charge is 0.294 e. The zero-order valence-electron chi connectivity index (χ0n) is 16.4. The Labute approximate surface area is 164 Å². The van der Waals surface area contributed by atoms with E-state index in [1.165, 1.54) is 0 Å². The summed E-state index contributed by atoms with van der Waals surface area (Å²) >= 11 is 0. The molecular formula is C21H27NO6. The standard InChI is InChI=1S/C21H27NO6/c1-12(23)15-3-4-17-14-10-19(25)18-9-13(24)5-7-20(18,2)16(14)6-8-21(15,17)11-28-22(26)27/h9,14-17H,3-8,10-11H2,1-2H3/t14-,15-,16+,17+,20-,21+/m1/s1. The average Bonchev–Trinajstić information content (AvgIpc) is 3.02. The highest BCUT2D eigenvalue weighted by molar-refractivity contribution is 6.05. The SMILES string of the molecule is CC(=O)[C@H]1CC[C@H]2[C@@H]3CC(=O)C4=CC(=O)CC[C@]4(C)[C@H]3CC[C@]12CO[N+](=O)[O-]. The summed E-state index contributed by atoms with van der Waals surface area (Å²) in [6, 6.07) is 0. The van der Waals surface area contributed by atoms with Crippen molar-refractivity contribution in [1.29, 1.82) is 0 Å². The van der Waals surface area contributed by atoms with Gasteiger partial charge in [0.05, 0.1) is 0 Å². The van der Waals surface area contributed by atoms with Crippen molar-refractivity contribution in [3.63, 3.8) is 0 Å². The van der Waals surface area contributed by atoms with E-state index in [0.29, 0.717) is 37.7 Å². The van der Waals surface area contributed by atoms with Crippen LogP contribution in [0.3, 0.4) is 0 Å². The Morgan fingerprint density at radius 3 is 2.68 bits per heavy atom. The van der Waals surface area contributed by atoms with E-state index >= 15 is 0 Å². The van der Waals surface area contributed by atoms with Crippen molar-refractivity contribution in [2.75, 3.05) is 6.61 Å². The lowest BCUT2D eigenvalue weighted by molar-refractivity contribution is -0.761. The Bertz CT molecular complexity index is 788. The number of rotatable bonds is 4. The van der Waals surface area contributed by atoms with Crippen LogP contribution in [-0.2, 0) is 19.2 Å². The van der Waals surface area contributed by atoms with Crippen LogP contribution in [0.15, 0.2) is 11.6 Å². The molecule has 0 saturated heterocycles. The van der Waals surface area contributed by atoms with E-state index < -0.39 is 10.5 Å². The van der Waals surface area contributed by atoms with Gasteiger partial charge in [-0.05, 0) is 68.3 Å². The van der Waals surface area contributed by atoms with Gasteiger partial charge in [-0.3, -0.25) is 14.4 Å². The van der Waals surface area contributed by atoms with Gasteiger partial charge in [-0.1, -0.05) is 6.92 Å². The van der Waals surface area contributed by atoms with Gasteiger partial charge in [0, 0.05) is 29.7 Å². The fraction of sp³-hybridized carbons (Fsp3) is 0.762. The molecule has 0 aliphatic heterocycles.